The van der Waals surface area contributed by atoms with E-state index in [0.29, 0.717) is 40.8 Å². The number of benzene rings is 3. The molecule has 0 aliphatic carbocycles. The van der Waals surface area contributed by atoms with E-state index in [4.69, 9.17) is 13.9 Å². The van der Waals surface area contributed by atoms with Gasteiger partial charge in [-0.05, 0) is 55.5 Å². The van der Waals surface area contributed by atoms with Crippen LogP contribution in [0, 0.1) is 0 Å². The zero-order valence-corrected chi connectivity index (χ0v) is 17.3. The number of oxazole rings is 1. The largest absolute Gasteiger partial charge is 0.497 e. The highest BCUT2D eigenvalue weighted by Crippen LogP contribution is 2.30. The van der Waals surface area contributed by atoms with Crippen LogP contribution in [0.3, 0.4) is 0 Å². The van der Waals surface area contributed by atoms with Crippen molar-refractivity contribution in [3.63, 3.8) is 0 Å². The van der Waals surface area contributed by atoms with Crippen molar-refractivity contribution in [1.82, 2.24) is 4.98 Å². The minimum Gasteiger partial charge on any atom is -0.497 e. The Morgan fingerprint density at radius 3 is 2.52 bits per heavy atom. The number of hydrogen-bond donors (Lipinski definition) is 1. The van der Waals surface area contributed by atoms with Crippen LogP contribution in [0.25, 0.3) is 22.8 Å². The summed E-state index contributed by atoms with van der Waals surface area (Å²) >= 11 is 0. The molecule has 31 heavy (non-hydrogen) atoms. The highest BCUT2D eigenvalue weighted by atomic mass is 16.5. The van der Waals surface area contributed by atoms with E-state index in [1.54, 1.807) is 31.5 Å². The van der Waals surface area contributed by atoms with E-state index in [2.05, 4.69) is 10.3 Å². The summed E-state index contributed by atoms with van der Waals surface area (Å²) in [6, 6.07) is 22.0. The van der Waals surface area contributed by atoms with Gasteiger partial charge in [0.2, 0.25) is 5.89 Å². The van der Waals surface area contributed by atoms with Crippen LogP contribution >= 0.6 is 0 Å². The third-order valence-corrected chi connectivity index (χ3v) is 4.72. The summed E-state index contributed by atoms with van der Waals surface area (Å²) in [5.74, 6) is 2.09. The Morgan fingerprint density at radius 2 is 1.74 bits per heavy atom. The third-order valence-electron chi connectivity index (χ3n) is 4.72. The number of aromatic nitrogens is 1. The van der Waals surface area contributed by atoms with Gasteiger partial charge in [0.05, 0.1) is 31.2 Å². The first-order valence-corrected chi connectivity index (χ1v) is 9.92. The predicted octanol–water partition coefficient (Wildman–Crippen LogP) is 5.67. The molecule has 0 saturated carbocycles. The Kier molecular flexibility index (Phi) is 5.98. The Balaban J connectivity index is 1.62. The van der Waals surface area contributed by atoms with Gasteiger partial charge in [0.1, 0.15) is 11.5 Å². The number of para-hydroxylation sites is 2. The monoisotopic (exact) mass is 414 g/mol. The lowest BCUT2D eigenvalue weighted by Crippen LogP contribution is -2.14. The molecule has 0 fully saturated rings. The van der Waals surface area contributed by atoms with Gasteiger partial charge in [0.15, 0.2) is 5.76 Å². The van der Waals surface area contributed by atoms with Crippen molar-refractivity contribution in [3.8, 4) is 34.3 Å². The van der Waals surface area contributed by atoms with Crippen molar-refractivity contribution < 1.29 is 18.7 Å². The molecule has 6 nitrogen and oxygen atoms in total. The number of rotatable bonds is 7. The molecule has 0 saturated heterocycles. The summed E-state index contributed by atoms with van der Waals surface area (Å²) in [7, 11) is 1.62. The molecule has 0 atom stereocenters. The van der Waals surface area contributed by atoms with Crippen LogP contribution < -0.4 is 14.8 Å². The number of nitrogens with one attached hydrogen (secondary N) is 1. The molecule has 156 valence electrons. The molecule has 6 heteroatoms. The van der Waals surface area contributed by atoms with Crippen molar-refractivity contribution in [2.45, 2.75) is 6.92 Å². The first-order valence-electron chi connectivity index (χ1n) is 9.92. The van der Waals surface area contributed by atoms with Crippen molar-refractivity contribution in [2.75, 3.05) is 19.0 Å². The van der Waals surface area contributed by atoms with Gasteiger partial charge in [-0.2, -0.15) is 0 Å². The molecule has 4 aromatic rings. The summed E-state index contributed by atoms with van der Waals surface area (Å²) in [6.07, 6.45) is 1.65. The molecule has 1 amide bonds. The van der Waals surface area contributed by atoms with E-state index in [1.165, 1.54) is 0 Å². The van der Waals surface area contributed by atoms with Crippen molar-refractivity contribution in [3.05, 3.63) is 84.6 Å². The minimum absolute atomic E-state index is 0.271. The standard InChI is InChI=1S/C25H22N2O4/c1-3-30-22-11-7-6-10-21(22)27-24(28)19-8-4-5-9-20(19)25-26-16-23(31-25)17-12-14-18(29-2)15-13-17/h4-16H,3H2,1-2H3,(H,27,28). The number of carbonyl (C=O) groups is 1. The van der Waals surface area contributed by atoms with Crippen molar-refractivity contribution >= 4 is 11.6 Å². The van der Waals surface area contributed by atoms with E-state index in [1.807, 2.05) is 61.5 Å². The number of nitrogens with zero attached hydrogens (tertiary/aromatic N) is 1. The first kappa shape index (κ1) is 20.2. The zero-order chi connectivity index (χ0) is 21.6. The van der Waals surface area contributed by atoms with Crippen LogP contribution in [0.5, 0.6) is 11.5 Å². The molecule has 0 unspecified atom stereocenters. The third kappa shape index (κ3) is 4.43. The summed E-state index contributed by atoms with van der Waals surface area (Å²) in [6.45, 7) is 2.41. The smallest absolute Gasteiger partial charge is 0.256 e. The predicted molar refractivity (Wildman–Crippen MR) is 119 cm³/mol. The maximum absolute atomic E-state index is 13.1. The van der Waals surface area contributed by atoms with E-state index < -0.39 is 0 Å². The molecule has 3 aromatic carbocycles. The first-order chi connectivity index (χ1) is 15.2. The molecule has 1 aromatic heterocycles. The fraction of sp³-hybridized carbons (Fsp3) is 0.120. The highest BCUT2D eigenvalue weighted by Gasteiger charge is 2.18. The molecule has 0 aliphatic rings. The Bertz CT molecular complexity index is 1180. The summed E-state index contributed by atoms with van der Waals surface area (Å²) in [4.78, 5) is 17.5. The van der Waals surface area contributed by atoms with Crippen LogP contribution in [0.1, 0.15) is 17.3 Å². The normalized spacial score (nSPS) is 10.5. The average Bonchev–Trinajstić information content (AvgIpc) is 3.31. The lowest BCUT2D eigenvalue weighted by atomic mass is 10.1. The average molecular weight is 414 g/mol. The molecular weight excluding hydrogens is 392 g/mol. The van der Waals surface area contributed by atoms with E-state index in [-0.39, 0.29) is 5.91 Å². The fourth-order valence-electron chi connectivity index (χ4n) is 3.20. The van der Waals surface area contributed by atoms with Crippen molar-refractivity contribution in [1.29, 1.82) is 0 Å². The number of methoxy groups -OCH3 is 1. The maximum Gasteiger partial charge on any atom is 0.256 e. The van der Waals surface area contributed by atoms with Crippen LogP contribution in [0.15, 0.2) is 83.4 Å². The maximum atomic E-state index is 13.1. The Labute approximate surface area is 180 Å². The molecule has 0 radical (unpaired) electrons. The van der Waals surface area contributed by atoms with E-state index in [0.717, 1.165) is 11.3 Å². The lowest BCUT2D eigenvalue weighted by molar-refractivity contribution is 0.102. The van der Waals surface area contributed by atoms with Gasteiger partial charge >= 0.3 is 0 Å². The van der Waals surface area contributed by atoms with Crippen molar-refractivity contribution in [2.24, 2.45) is 0 Å². The van der Waals surface area contributed by atoms with Gasteiger partial charge in [0, 0.05) is 11.1 Å². The summed E-state index contributed by atoms with van der Waals surface area (Å²) in [5, 5.41) is 2.93. The molecule has 4 rings (SSSR count). The number of anilines is 1. The second-order valence-corrected chi connectivity index (χ2v) is 6.69. The fourth-order valence-corrected chi connectivity index (χ4v) is 3.20. The number of hydrogen-bond acceptors (Lipinski definition) is 5. The van der Waals surface area contributed by atoms with Crippen LogP contribution in [-0.4, -0.2) is 24.6 Å². The molecule has 0 spiro atoms. The SMILES string of the molecule is CCOc1ccccc1NC(=O)c1ccccc1-c1ncc(-c2ccc(OC)cc2)o1. The Morgan fingerprint density at radius 1 is 1.00 bits per heavy atom. The van der Waals surface area contributed by atoms with Gasteiger partial charge < -0.3 is 19.2 Å². The molecule has 0 aliphatic heterocycles. The molecule has 0 bridgehead atoms. The number of ether oxygens (including phenoxy) is 2. The lowest BCUT2D eigenvalue weighted by Gasteiger charge is -2.12. The quantitative estimate of drug-likeness (QED) is 0.422. The second-order valence-electron chi connectivity index (χ2n) is 6.69. The zero-order valence-electron chi connectivity index (χ0n) is 17.3. The Hall–Kier alpha value is -4.06. The van der Waals surface area contributed by atoms with Gasteiger partial charge in [-0.1, -0.05) is 24.3 Å². The van der Waals surface area contributed by atoms with Gasteiger partial charge in [-0.25, -0.2) is 4.98 Å². The highest BCUT2D eigenvalue weighted by molar-refractivity contribution is 6.08. The molecule has 1 heterocycles. The molecular formula is C25H22N2O4. The van der Waals surface area contributed by atoms with E-state index >= 15 is 0 Å². The second kappa shape index (κ2) is 9.17. The topological polar surface area (TPSA) is 73.6 Å². The van der Waals surface area contributed by atoms with Crippen LogP contribution in [0.2, 0.25) is 0 Å². The van der Waals surface area contributed by atoms with Gasteiger partial charge in [0.25, 0.3) is 5.91 Å². The summed E-state index contributed by atoms with van der Waals surface area (Å²) < 4.78 is 16.8. The minimum atomic E-state index is -0.271. The number of carbonyl (C=O) groups excluding carboxylic acids is 1. The molecule has 1 N–H and O–H groups in total. The van der Waals surface area contributed by atoms with E-state index in [9.17, 15) is 4.79 Å². The van der Waals surface area contributed by atoms with Gasteiger partial charge in [-0.15, -0.1) is 0 Å². The van der Waals surface area contributed by atoms with Crippen LogP contribution in [-0.2, 0) is 0 Å². The van der Waals surface area contributed by atoms with Gasteiger partial charge in [-0.3, -0.25) is 4.79 Å². The van der Waals surface area contributed by atoms with Crippen LogP contribution in [0.4, 0.5) is 5.69 Å². The number of amides is 1. The summed E-state index contributed by atoms with van der Waals surface area (Å²) in [5.41, 5.74) is 2.54.